The first-order valence-electron chi connectivity index (χ1n) is 7.20. The van der Waals surface area contributed by atoms with Crippen molar-refractivity contribution in [2.45, 2.75) is 26.3 Å². The molecule has 1 aromatic carbocycles. The second-order valence-electron chi connectivity index (χ2n) is 5.43. The first-order chi connectivity index (χ1) is 10.1. The summed E-state index contributed by atoms with van der Waals surface area (Å²) in [6.07, 6.45) is 0.989. The van der Waals surface area contributed by atoms with Crippen LogP contribution in [-0.2, 0) is 4.74 Å². The number of aliphatic hydroxyl groups excluding tert-OH is 1. The molecule has 0 spiro atoms. The summed E-state index contributed by atoms with van der Waals surface area (Å²) in [5.41, 5.74) is 2.32. The molecule has 1 heterocycles. The molecule has 1 aliphatic rings. The van der Waals surface area contributed by atoms with Crippen LogP contribution in [-0.4, -0.2) is 36.9 Å². The Hall–Kier alpha value is -1.83. The van der Waals surface area contributed by atoms with Crippen LogP contribution in [0.1, 0.15) is 34.8 Å². The predicted octanol–water partition coefficient (Wildman–Crippen LogP) is 1.49. The van der Waals surface area contributed by atoms with Crippen molar-refractivity contribution in [2.24, 2.45) is 5.92 Å². The van der Waals surface area contributed by atoms with Crippen LogP contribution < -0.4 is 5.32 Å². The van der Waals surface area contributed by atoms with Crippen molar-refractivity contribution < 1.29 is 14.6 Å². The minimum atomic E-state index is -0.186. The van der Waals surface area contributed by atoms with Gasteiger partial charge < -0.3 is 15.2 Å². The molecule has 2 rings (SSSR count). The molecule has 1 fully saturated rings. The average molecular weight is 287 g/mol. The highest BCUT2D eigenvalue weighted by molar-refractivity contribution is 5.95. The molecule has 4 heteroatoms. The zero-order valence-corrected chi connectivity index (χ0v) is 12.5. The Morgan fingerprint density at radius 2 is 2.33 bits per heavy atom. The zero-order valence-electron chi connectivity index (χ0n) is 12.5. The largest absolute Gasteiger partial charge is 0.384 e. The van der Waals surface area contributed by atoms with Crippen molar-refractivity contribution in [1.82, 2.24) is 5.32 Å². The molecule has 0 radical (unpaired) electrons. The lowest BCUT2D eigenvalue weighted by molar-refractivity contribution is 0.0922. The topological polar surface area (TPSA) is 58.6 Å². The van der Waals surface area contributed by atoms with Crippen molar-refractivity contribution in [2.75, 3.05) is 19.8 Å². The summed E-state index contributed by atoms with van der Waals surface area (Å²) in [6, 6.07) is 5.58. The maximum atomic E-state index is 12.3. The van der Waals surface area contributed by atoms with Crippen LogP contribution in [0.2, 0.25) is 0 Å². The molecule has 2 atom stereocenters. The number of hydrogen-bond donors (Lipinski definition) is 2. The Morgan fingerprint density at radius 3 is 3.00 bits per heavy atom. The molecule has 4 nitrogen and oxygen atoms in total. The van der Waals surface area contributed by atoms with Gasteiger partial charge >= 0.3 is 0 Å². The molecule has 0 bridgehead atoms. The molecule has 1 aromatic rings. The number of carbonyl (C=O) groups excluding carboxylic acids is 1. The standard InChI is InChI=1S/C17H21NO3/c1-12-8-14(4-3-6-19)10-16(9-12)17(20)18-13(2)15-5-7-21-11-15/h8-10,13,15,19H,5-7,11H2,1-2H3,(H,18,20). The van der Waals surface area contributed by atoms with Crippen molar-refractivity contribution in [3.8, 4) is 11.8 Å². The highest BCUT2D eigenvalue weighted by Gasteiger charge is 2.23. The quantitative estimate of drug-likeness (QED) is 0.828. The van der Waals surface area contributed by atoms with Gasteiger partial charge in [-0.2, -0.15) is 0 Å². The molecule has 1 aliphatic heterocycles. The molecule has 0 saturated carbocycles. The van der Waals surface area contributed by atoms with Gasteiger partial charge in [-0.05, 0) is 44.0 Å². The van der Waals surface area contributed by atoms with Crippen LogP contribution in [0.5, 0.6) is 0 Å². The molecule has 112 valence electrons. The van der Waals surface area contributed by atoms with E-state index in [0.717, 1.165) is 24.2 Å². The maximum Gasteiger partial charge on any atom is 0.251 e. The predicted molar refractivity (Wildman–Crippen MR) is 81.0 cm³/mol. The maximum absolute atomic E-state index is 12.3. The fourth-order valence-corrected chi connectivity index (χ4v) is 2.48. The number of ether oxygens (including phenoxy) is 1. The third-order valence-corrected chi connectivity index (χ3v) is 3.68. The second-order valence-corrected chi connectivity index (χ2v) is 5.43. The summed E-state index contributed by atoms with van der Waals surface area (Å²) in [7, 11) is 0. The van der Waals surface area contributed by atoms with Gasteiger partial charge in [0.2, 0.25) is 0 Å². The molecule has 1 amide bonds. The zero-order chi connectivity index (χ0) is 15.2. The van der Waals surface area contributed by atoms with Crippen LogP contribution in [0.15, 0.2) is 18.2 Å². The van der Waals surface area contributed by atoms with E-state index in [-0.39, 0.29) is 18.6 Å². The van der Waals surface area contributed by atoms with Gasteiger partial charge in [0, 0.05) is 29.7 Å². The van der Waals surface area contributed by atoms with Gasteiger partial charge in [-0.1, -0.05) is 11.8 Å². The Kier molecular flexibility index (Phi) is 5.38. The Labute approximate surface area is 125 Å². The highest BCUT2D eigenvalue weighted by Crippen LogP contribution is 2.17. The normalized spacial score (nSPS) is 18.7. The van der Waals surface area contributed by atoms with Gasteiger partial charge in [-0.3, -0.25) is 4.79 Å². The number of carbonyl (C=O) groups is 1. The number of amides is 1. The number of benzene rings is 1. The van der Waals surface area contributed by atoms with Crippen LogP contribution in [0.3, 0.4) is 0 Å². The van der Waals surface area contributed by atoms with E-state index in [0.29, 0.717) is 18.1 Å². The van der Waals surface area contributed by atoms with Gasteiger partial charge in [0.05, 0.1) is 6.61 Å². The van der Waals surface area contributed by atoms with Gasteiger partial charge in [-0.25, -0.2) is 0 Å². The van der Waals surface area contributed by atoms with Crippen molar-refractivity contribution in [1.29, 1.82) is 0 Å². The van der Waals surface area contributed by atoms with Gasteiger partial charge in [0.15, 0.2) is 0 Å². The van der Waals surface area contributed by atoms with E-state index in [9.17, 15) is 4.79 Å². The number of aryl methyl sites for hydroxylation is 1. The molecule has 0 aliphatic carbocycles. The first kappa shape index (κ1) is 15.6. The first-order valence-corrected chi connectivity index (χ1v) is 7.20. The molecule has 21 heavy (non-hydrogen) atoms. The van der Waals surface area contributed by atoms with Gasteiger partial charge in [-0.15, -0.1) is 0 Å². The van der Waals surface area contributed by atoms with E-state index < -0.39 is 0 Å². The molecule has 2 unspecified atom stereocenters. The lowest BCUT2D eigenvalue weighted by Crippen LogP contribution is -2.38. The molecule has 0 aromatic heterocycles. The monoisotopic (exact) mass is 287 g/mol. The summed E-state index contributed by atoms with van der Waals surface area (Å²) >= 11 is 0. The number of rotatable bonds is 3. The second kappa shape index (κ2) is 7.26. The molecular weight excluding hydrogens is 266 g/mol. The van der Waals surface area contributed by atoms with Crippen molar-refractivity contribution in [3.63, 3.8) is 0 Å². The number of aliphatic hydroxyl groups is 1. The van der Waals surface area contributed by atoms with Gasteiger partial charge in [0.25, 0.3) is 5.91 Å². The van der Waals surface area contributed by atoms with E-state index in [1.54, 1.807) is 6.07 Å². The fourth-order valence-electron chi connectivity index (χ4n) is 2.48. The van der Waals surface area contributed by atoms with E-state index in [2.05, 4.69) is 17.2 Å². The Balaban J connectivity index is 2.09. The Morgan fingerprint density at radius 1 is 1.52 bits per heavy atom. The minimum absolute atomic E-state index is 0.0903. The van der Waals surface area contributed by atoms with E-state index in [1.165, 1.54) is 0 Å². The molecule has 1 saturated heterocycles. The van der Waals surface area contributed by atoms with Crippen LogP contribution in [0.4, 0.5) is 0 Å². The minimum Gasteiger partial charge on any atom is -0.384 e. The molecule has 2 N–H and O–H groups in total. The number of nitrogens with one attached hydrogen (secondary N) is 1. The summed E-state index contributed by atoms with van der Waals surface area (Å²) in [5, 5.41) is 11.8. The van der Waals surface area contributed by atoms with E-state index >= 15 is 0 Å². The third-order valence-electron chi connectivity index (χ3n) is 3.68. The summed E-state index contributed by atoms with van der Waals surface area (Å²) in [4.78, 5) is 12.3. The summed E-state index contributed by atoms with van der Waals surface area (Å²) in [6.45, 7) is 5.24. The van der Waals surface area contributed by atoms with Crippen LogP contribution in [0, 0.1) is 24.7 Å². The lowest BCUT2D eigenvalue weighted by Gasteiger charge is -2.19. The summed E-state index contributed by atoms with van der Waals surface area (Å²) < 4.78 is 5.35. The third kappa shape index (κ3) is 4.32. The fraction of sp³-hybridized carbons (Fsp3) is 0.471. The average Bonchev–Trinajstić information content (AvgIpc) is 2.98. The van der Waals surface area contributed by atoms with Crippen molar-refractivity contribution in [3.05, 3.63) is 34.9 Å². The lowest BCUT2D eigenvalue weighted by atomic mass is 10.00. The van der Waals surface area contributed by atoms with Crippen LogP contribution in [0.25, 0.3) is 0 Å². The van der Waals surface area contributed by atoms with Crippen molar-refractivity contribution >= 4 is 5.91 Å². The smallest absolute Gasteiger partial charge is 0.251 e. The molecular formula is C17H21NO3. The summed E-state index contributed by atoms with van der Waals surface area (Å²) in [5.74, 6) is 5.73. The van der Waals surface area contributed by atoms with E-state index in [4.69, 9.17) is 9.84 Å². The van der Waals surface area contributed by atoms with Crippen LogP contribution >= 0.6 is 0 Å². The highest BCUT2D eigenvalue weighted by atomic mass is 16.5. The number of hydrogen-bond acceptors (Lipinski definition) is 3. The van der Waals surface area contributed by atoms with Gasteiger partial charge in [0.1, 0.15) is 6.61 Å². The van der Waals surface area contributed by atoms with E-state index in [1.807, 2.05) is 26.0 Å². The SMILES string of the molecule is Cc1cc(C#CCO)cc(C(=O)NC(C)C2CCOC2)c1. The Bertz CT molecular complexity index is 565.